The van der Waals surface area contributed by atoms with Gasteiger partial charge in [0.1, 0.15) is 0 Å². The highest BCUT2D eigenvalue weighted by molar-refractivity contribution is 6.08. The third-order valence-corrected chi connectivity index (χ3v) is 5.75. The van der Waals surface area contributed by atoms with Crippen LogP contribution in [0.5, 0.6) is 0 Å². The van der Waals surface area contributed by atoms with E-state index in [1.165, 1.54) is 38.5 Å². The van der Waals surface area contributed by atoms with Crippen molar-refractivity contribution in [2.45, 2.75) is 18.9 Å². The van der Waals surface area contributed by atoms with Crippen molar-refractivity contribution in [3.05, 3.63) is 90.2 Å². The molecule has 0 aliphatic heterocycles. The predicted octanol–water partition coefficient (Wildman–Crippen LogP) is 5.66. The molecule has 1 heterocycles. The Morgan fingerprint density at radius 3 is 2.87 bits per heavy atom. The zero-order chi connectivity index (χ0) is 20.3. The normalized spacial score (nSPS) is 18.5. The Bertz CT molecular complexity index is 1240. The number of hydrazine groups is 1. The van der Waals surface area contributed by atoms with Crippen molar-refractivity contribution >= 4 is 27.2 Å². The number of aromatic nitrogens is 1. The van der Waals surface area contributed by atoms with E-state index in [2.05, 4.69) is 105 Å². The Balaban J connectivity index is 1.63. The lowest BCUT2D eigenvalue weighted by molar-refractivity contribution is 0.586. The zero-order valence-corrected chi connectivity index (χ0v) is 17.0. The van der Waals surface area contributed by atoms with E-state index < -0.39 is 0 Å². The van der Waals surface area contributed by atoms with E-state index >= 15 is 0 Å². The van der Waals surface area contributed by atoms with E-state index in [1.54, 1.807) is 7.05 Å². The third kappa shape index (κ3) is 3.37. The second-order valence-corrected chi connectivity index (χ2v) is 7.62. The van der Waals surface area contributed by atoms with Gasteiger partial charge in [0.15, 0.2) is 0 Å². The number of allylic oxidation sites excluding steroid dienone is 6. The van der Waals surface area contributed by atoms with Crippen molar-refractivity contribution in [1.82, 2.24) is 15.5 Å². The van der Waals surface area contributed by atoms with Crippen LogP contribution in [0.1, 0.15) is 24.6 Å². The topological polar surface area (TPSA) is 53.7 Å². The minimum Gasteiger partial charge on any atom is -0.333 e. The average Bonchev–Trinajstić information content (AvgIpc) is 3.45. The Hall–Kier alpha value is -3.44. The first-order valence-corrected chi connectivity index (χ1v) is 10.4. The van der Waals surface area contributed by atoms with Crippen molar-refractivity contribution in [3.63, 3.8) is 0 Å². The van der Waals surface area contributed by atoms with Crippen molar-refractivity contribution in [3.8, 4) is 0 Å². The molecule has 0 fully saturated rings. The first kappa shape index (κ1) is 18.6. The van der Waals surface area contributed by atoms with Crippen LogP contribution in [-0.2, 0) is 0 Å². The summed E-state index contributed by atoms with van der Waals surface area (Å²) in [6.45, 7) is 0.557. The molecular weight excluding hydrogens is 370 g/mol. The maximum absolute atomic E-state index is 4.20. The molecule has 0 saturated carbocycles. The van der Waals surface area contributed by atoms with Crippen LogP contribution in [0.15, 0.2) is 94.8 Å². The second-order valence-electron chi connectivity index (χ2n) is 7.62. The maximum atomic E-state index is 4.20. The molecule has 0 amide bonds. The van der Waals surface area contributed by atoms with Gasteiger partial charge in [0.25, 0.3) is 0 Å². The largest absolute Gasteiger partial charge is 0.333 e. The molecule has 5 heteroatoms. The van der Waals surface area contributed by atoms with E-state index in [0.29, 0.717) is 6.54 Å². The molecule has 5 nitrogen and oxygen atoms in total. The van der Waals surface area contributed by atoms with Crippen LogP contribution in [0, 0.1) is 0 Å². The highest BCUT2D eigenvalue weighted by Gasteiger charge is 2.20. The summed E-state index contributed by atoms with van der Waals surface area (Å²) in [5.74, 6) is 0. The number of fused-ring (bicyclic) bond motifs is 3. The molecule has 0 spiro atoms. The lowest BCUT2D eigenvalue weighted by Crippen LogP contribution is -2.20. The van der Waals surface area contributed by atoms with Gasteiger partial charge in [-0.25, -0.2) is 11.0 Å². The third-order valence-electron chi connectivity index (χ3n) is 5.75. The summed E-state index contributed by atoms with van der Waals surface area (Å²) < 4.78 is 2.50. The van der Waals surface area contributed by atoms with Gasteiger partial charge in [-0.05, 0) is 46.9 Å². The average molecular weight is 396 g/mol. The van der Waals surface area contributed by atoms with Gasteiger partial charge in [-0.1, -0.05) is 72.0 Å². The Labute approximate surface area is 176 Å². The molecule has 150 valence electrons. The standard InChI is InChI=1S/C25H25N5/c1-26-28-29-27-17-18-7-6-11-21(15-18)30-24-14-13-19-8-4-5-12-22(19)23(24)16-25(30)20-9-2-3-10-20/h2,4-10,12-16,21H,3,11,17H2,1H3,(H,26,29)(H,27,28). The van der Waals surface area contributed by atoms with Gasteiger partial charge in [-0.2, -0.15) is 5.11 Å². The molecule has 0 radical (unpaired) electrons. The van der Waals surface area contributed by atoms with Gasteiger partial charge >= 0.3 is 0 Å². The lowest BCUT2D eigenvalue weighted by atomic mass is 10.0. The van der Waals surface area contributed by atoms with Crippen LogP contribution >= 0.6 is 0 Å². The summed E-state index contributed by atoms with van der Waals surface area (Å²) in [6, 6.07) is 15.8. The van der Waals surface area contributed by atoms with Crippen LogP contribution in [-0.4, -0.2) is 18.2 Å². The van der Waals surface area contributed by atoms with Gasteiger partial charge in [0.05, 0.1) is 12.6 Å². The van der Waals surface area contributed by atoms with Gasteiger partial charge in [0.2, 0.25) is 0 Å². The molecule has 1 aromatic heterocycles. The molecule has 30 heavy (non-hydrogen) atoms. The van der Waals surface area contributed by atoms with Crippen molar-refractivity contribution in [2.24, 2.45) is 10.3 Å². The van der Waals surface area contributed by atoms with Crippen LogP contribution in [0.3, 0.4) is 0 Å². The van der Waals surface area contributed by atoms with Crippen molar-refractivity contribution in [1.29, 1.82) is 0 Å². The summed E-state index contributed by atoms with van der Waals surface area (Å²) in [5.41, 5.74) is 10.4. The summed E-state index contributed by atoms with van der Waals surface area (Å²) in [7, 11) is 1.77. The smallest absolute Gasteiger partial charge is 0.0868 e. The van der Waals surface area contributed by atoms with E-state index in [1.807, 2.05) is 0 Å². The van der Waals surface area contributed by atoms with Crippen LogP contribution in [0.4, 0.5) is 0 Å². The molecule has 0 saturated heterocycles. The number of hydrogen-bond donors (Lipinski definition) is 2. The Morgan fingerprint density at radius 2 is 2.00 bits per heavy atom. The molecule has 1 atom stereocenters. The van der Waals surface area contributed by atoms with Crippen molar-refractivity contribution < 1.29 is 0 Å². The van der Waals surface area contributed by atoms with Crippen molar-refractivity contribution in [2.75, 3.05) is 13.6 Å². The number of benzene rings is 2. The van der Waals surface area contributed by atoms with E-state index in [9.17, 15) is 0 Å². The number of rotatable bonds is 6. The number of hydrogen-bond acceptors (Lipinski definition) is 3. The number of nitrogens with one attached hydrogen (secondary N) is 2. The van der Waals surface area contributed by atoms with E-state index in [-0.39, 0.29) is 6.04 Å². The highest BCUT2D eigenvalue weighted by atomic mass is 15.6. The number of nitrogens with zero attached hydrogens (tertiary/aromatic N) is 3. The molecule has 1 unspecified atom stereocenters. The summed E-state index contributed by atoms with van der Waals surface area (Å²) >= 11 is 0. The fourth-order valence-electron chi connectivity index (χ4n) is 4.43. The quantitative estimate of drug-likeness (QED) is 0.418. The monoisotopic (exact) mass is 395 g/mol. The predicted molar refractivity (Wildman–Crippen MR) is 124 cm³/mol. The Morgan fingerprint density at radius 1 is 1.07 bits per heavy atom. The van der Waals surface area contributed by atoms with Crippen LogP contribution in [0.2, 0.25) is 0 Å². The molecule has 2 aromatic carbocycles. The Kier molecular flexibility index (Phi) is 5.03. The first-order chi connectivity index (χ1) is 14.8. The zero-order valence-electron chi connectivity index (χ0n) is 17.0. The second kappa shape index (κ2) is 8.13. The minimum absolute atomic E-state index is 0.251. The fraction of sp³-hybridized carbons (Fsp3) is 0.200. The molecule has 2 aliphatic rings. The van der Waals surface area contributed by atoms with Crippen LogP contribution in [0.25, 0.3) is 27.2 Å². The highest BCUT2D eigenvalue weighted by Crippen LogP contribution is 2.37. The minimum atomic E-state index is 0.251. The maximum Gasteiger partial charge on any atom is 0.0868 e. The SMILES string of the molecule is CNNN=NCC1=CC(n2c(C3=CCC=C3)cc3c4ccccc4ccc32)CC=C1. The summed E-state index contributed by atoms with van der Waals surface area (Å²) in [5, 5.41) is 12.0. The summed E-state index contributed by atoms with van der Waals surface area (Å²) in [4.78, 5) is 0. The van der Waals surface area contributed by atoms with Gasteiger partial charge in [-0.15, -0.1) is 0 Å². The molecule has 2 aliphatic carbocycles. The lowest BCUT2D eigenvalue weighted by Gasteiger charge is -2.22. The molecular formula is C25H25N5. The van der Waals surface area contributed by atoms with E-state index in [4.69, 9.17) is 0 Å². The van der Waals surface area contributed by atoms with Gasteiger partial charge in [-0.3, -0.25) is 0 Å². The molecule has 5 rings (SSSR count). The summed E-state index contributed by atoms with van der Waals surface area (Å²) in [6.07, 6.45) is 15.5. The molecule has 3 aromatic rings. The first-order valence-electron chi connectivity index (χ1n) is 10.4. The van der Waals surface area contributed by atoms with Crippen LogP contribution < -0.4 is 11.0 Å². The fourth-order valence-corrected chi connectivity index (χ4v) is 4.43. The van der Waals surface area contributed by atoms with Gasteiger partial charge in [0, 0.05) is 23.6 Å². The van der Waals surface area contributed by atoms with E-state index in [0.717, 1.165) is 12.8 Å². The van der Waals surface area contributed by atoms with Gasteiger partial charge < -0.3 is 4.57 Å². The molecule has 0 bridgehead atoms. The molecule has 2 N–H and O–H groups in total.